The van der Waals surface area contributed by atoms with E-state index in [1.54, 1.807) is 30.7 Å². The Morgan fingerprint density at radius 2 is 2.07 bits per heavy atom. The first kappa shape index (κ1) is 21.9. The number of anilines is 1. The Bertz CT molecular complexity index is 846. The molecule has 2 aromatic rings. The third-order valence-electron chi connectivity index (χ3n) is 4.69. The lowest BCUT2D eigenvalue weighted by Crippen LogP contribution is -2.54. The highest BCUT2D eigenvalue weighted by Gasteiger charge is 2.35. The first-order valence-electron chi connectivity index (χ1n) is 8.95. The van der Waals surface area contributed by atoms with Crippen molar-refractivity contribution in [3.63, 3.8) is 0 Å². The third-order valence-corrected chi connectivity index (χ3v) is 4.69. The molecule has 9 heteroatoms. The molecule has 8 nitrogen and oxygen atoms in total. The van der Waals surface area contributed by atoms with Gasteiger partial charge >= 0.3 is 5.97 Å². The number of nitrogens with one attached hydrogen (secondary N) is 1. The number of carbonyl (C=O) groups is 2. The van der Waals surface area contributed by atoms with E-state index >= 15 is 0 Å². The summed E-state index contributed by atoms with van der Waals surface area (Å²) in [5.41, 5.74) is 7.71. The van der Waals surface area contributed by atoms with Crippen LogP contribution in [0.4, 0.5) is 5.69 Å². The maximum atomic E-state index is 12.6. The minimum atomic E-state index is -0.924. The first-order valence-corrected chi connectivity index (χ1v) is 8.95. The quantitative estimate of drug-likeness (QED) is 0.734. The molecular formula is C19H25ClN4O4. The standard InChI is InChI=1S/C19H24N4O4.ClH/c1-3-27-17(24)16-12-21-23(13(16)2)15-6-4-5-14(11-15)22-18(25)19(20)7-9-26-10-8-19;/h4-6,11-12H,3,7-10,20H2,1-2H3,(H,22,25);1H. The minimum absolute atomic E-state index is 0. The molecule has 152 valence electrons. The predicted molar refractivity (Wildman–Crippen MR) is 107 cm³/mol. The molecule has 3 N–H and O–H groups in total. The highest BCUT2D eigenvalue weighted by Crippen LogP contribution is 2.22. The average Bonchev–Trinajstić information content (AvgIpc) is 3.04. The Balaban J connectivity index is 0.00000280. The Kier molecular flexibility index (Phi) is 7.17. The zero-order chi connectivity index (χ0) is 19.4. The number of nitrogens with zero attached hydrogens (tertiary/aromatic N) is 2. The molecule has 0 bridgehead atoms. The van der Waals surface area contributed by atoms with Gasteiger partial charge in [-0.15, -0.1) is 12.4 Å². The van der Waals surface area contributed by atoms with E-state index in [0.29, 0.717) is 49.6 Å². The van der Waals surface area contributed by atoms with E-state index in [-0.39, 0.29) is 18.3 Å². The minimum Gasteiger partial charge on any atom is -0.462 e. The zero-order valence-corrected chi connectivity index (χ0v) is 16.8. The third kappa shape index (κ3) is 4.52. The van der Waals surface area contributed by atoms with Crippen LogP contribution in [0.15, 0.2) is 30.5 Å². The highest BCUT2D eigenvalue weighted by molar-refractivity contribution is 5.98. The molecule has 2 heterocycles. The van der Waals surface area contributed by atoms with Crippen LogP contribution in [0.5, 0.6) is 0 Å². The smallest absolute Gasteiger partial charge is 0.341 e. The zero-order valence-electron chi connectivity index (χ0n) is 15.9. The van der Waals surface area contributed by atoms with Crippen molar-refractivity contribution in [1.29, 1.82) is 0 Å². The fourth-order valence-electron chi connectivity index (χ4n) is 3.01. The van der Waals surface area contributed by atoms with Gasteiger partial charge in [-0.3, -0.25) is 4.79 Å². The molecule has 1 fully saturated rings. The summed E-state index contributed by atoms with van der Waals surface area (Å²) in [5, 5.41) is 7.15. The monoisotopic (exact) mass is 408 g/mol. The maximum absolute atomic E-state index is 12.6. The van der Waals surface area contributed by atoms with Crippen LogP contribution in [0.3, 0.4) is 0 Å². The molecule has 0 aliphatic carbocycles. The normalized spacial score (nSPS) is 15.4. The summed E-state index contributed by atoms with van der Waals surface area (Å²) in [7, 11) is 0. The van der Waals surface area contributed by atoms with E-state index in [1.165, 1.54) is 6.20 Å². The van der Waals surface area contributed by atoms with Crippen molar-refractivity contribution in [3.05, 3.63) is 41.7 Å². The van der Waals surface area contributed by atoms with Gasteiger partial charge < -0.3 is 20.5 Å². The van der Waals surface area contributed by atoms with Crippen molar-refractivity contribution < 1.29 is 19.1 Å². The van der Waals surface area contributed by atoms with Gasteiger partial charge in [0.25, 0.3) is 0 Å². The second kappa shape index (κ2) is 9.18. The van der Waals surface area contributed by atoms with Crippen molar-refractivity contribution in [3.8, 4) is 5.69 Å². The van der Waals surface area contributed by atoms with E-state index in [1.807, 2.05) is 12.1 Å². The molecule has 0 radical (unpaired) electrons. The number of carbonyl (C=O) groups excluding carboxylic acids is 2. The summed E-state index contributed by atoms with van der Waals surface area (Å²) >= 11 is 0. The van der Waals surface area contributed by atoms with Crippen LogP contribution in [0.25, 0.3) is 5.69 Å². The molecule has 0 unspecified atom stereocenters. The first-order chi connectivity index (χ1) is 12.9. The molecule has 1 aromatic heterocycles. The molecule has 0 saturated carbocycles. The van der Waals surface area contributed by atoms with Gasteiger partial charge in [-0.1, -0.05) is 6.07 Å². The lowest BCUT2D eigenvalue weighted by molar-refractivity contribution is -0.124. The average molecular weight is 409 g/mol. The molecule has 1 amide bonds. The van der Waals surface area contributed by atoms with Gasteiger partial charge in [-0.25, -0.2) is 9.48 Å². The van der Waals surface area contributed by atoms with Gasteiger partial charge in [0.1, 0.15) is 11.1 Å². The predicted octanol–water partition coefficient (Wildman–Crippen LogP) is 2.23. The van der Waals surface area contributed by atoms with Crippen molar-refractivity contribution in [2.24, 2.45) is 5.73 Å². The number of aromatic nitrogens is 2. The van der Waals surface area contributed by atoms with Gasteiger partial charge in [0.05, 0.1) is 24.2 Å². The van der Waals surface area contributed by atoms with Crippen molar-refractivity contribution in [2.45, 2.75) is 32.2 Å². The number of amides is 1. The van der Waals surface area contributed by atoms with Gasteiger partial charge in [-0.05, 0) is 44.9 Å². The number of rotatable bonds is 5. The number of nitrogens with two attached hydrogens (primary N) is 1. The van der Waals surface area contributed by atoms with Crippen molar-refractivity contribution >= 4 is 30.0 Å². The van der Waals surface area contributed by atoms with E-state index in [4.69, 9.17) is 15.2 Å². The van der Waals surface area contributed by atoms with E-state index in [0.717, 1.165) is 5.69 Å². The van der Waals surface area contributed by atoms with Crippen LogP contribution in [0.2, 0.25) is 0 Å². The second-order valence-electron chi connectivity index (χ2n) is 6.55. The summed E-state index contributed by atoms with van der Waals surface area (Å²) in [6.45, 7) is 4.81. The molecule has 28 heavy (non-hydrogen) atoms. The molecular weight excluding hydrogens is 384 g/mol. The van der Waals surface area contributed by atoms with Crippen LogP contribution in [0, 0.1) is 6.92 Å². The van der Waals surface area contributed by atoms with Gasteiger partial charge in [0.2, 0.25) is 5.91 Å². The Hall–Kier alpha value is -2.42. The molecule has 0 atom stereocenters. The lowest BCUT2D eigenvalue weighted by Gasteiger charge is -2.31. The molecule has 1 aliphatic rings. The van der Waals surface area contributed by atoms with E-state index in [9.17, 15) is 9.59 Å². The van der Waals surface area contributed by atoms with E-state index < -0.39 is 11.5 Å². The topological polar surface area (TPSA) is 108 Å². The van der Waals surface area contributed by atoms with Gasteiger partial charge in [0.15, 0.2) is 0 Å². The fourth-order valence-corrected chi connectivity index (χ4v) is 3.01. The number of benzene rings is 1. The highest BCUT2D eigenvalue weighted by atomic mass is 35.5. The van der Waals surface area contributed by atoms with Crippen molar-refractivity contribution in [1.82, 2.24) is 9.78 Å². The second-order valence-corrected chi connectivity index (χ2v) is 6.55. The summed E-state index contributed by atoms with van der Waals surface area (Å²) in [6.07, 6.45) is 2.45. The molecule has 0 spiro atoms. The van der Waals surface area contributed by atoms with Gasteiger partial charge in [-0.2, -0.15) is 5.10 Å². The number of hydrogen-bond acceptors (Lipinski definition) is 6. The Labute approximate surface area is 169 Å². The summed E-state index contributed by atoms with van der Waals surface area (Å²) < 4.78 is 12.0. The van der Waals surface area contributed by atoms with Crippen LogP contribution in [0.1, 0.15) is 35.8 Å². The van der Waals surface area contributed by atoms with Gasteiger partial charge in [0, 0.05) is 18.9 Å². The number of esters is 1. The Morgan fingerprint density at radius 3 is 2.75 bits per heavy atom. The largest absolute Gasteiger partial charge is 0.462 e. The van der Waals surface area contributed by atoms with Crippen LogP contribution in [-0.2, 0) is 14.3 Å². The molecule has 1 aromatic carbocycles. The van der Waals surface area contributed by atoms with Crippen LogP contribution in [-0.4, -0.2) is 47.0 Å². The number of hydrogen-bond donors (Lipinski definition) is 2. The maximum Gasteiger partial charge on any atom is 0.341 e. The van der Waals surface area contributed by atoms with Crippen molar-refractivity contribution in [2.75, 3.05) is 25.1 Å². The lowest BCUT2D eigenvalue weighted by atomic mass is 9.90. The van der Waals surface area contributed by atoms with Crippen LogP contribution < -0.4 is 11.1 Å². The van der Waals surface area contributed by atoms with Crippen LogP contribution >= 0.6 is 12.4 Å². The summed E-state index contributed by atoms with van der Waals surface area (Å²) in [6, 6.07) is 7.23. The molecule has 1 aliphatic heterocycles. The Morgan fingerprint density at radius 1 is 1.36 bits per heavy atom. The molecule has 3 rings (SSSR count). The summed E-state index contributed by atoms with van der Waals surface area (Å²) in [4.78, 5) is 24.6. The SMILES string of the molecule is CCOC(=O)c1cnn(-c2cccc(NC(=O)C3(N)CCOCC3)c2)c1C.Cl. The number of ether oxygens (including phenoxy) is 2. The van der Waals surface area contributed by atoms with E-state index in [2.05, 4.69) is 10.4 Å². The number of halogens is 1. The summed E-state index contributed by atoms with van der Waals surface area (Å²) in [5.74, 6) is -0.636. The molecule has 1 saturated heterocycles. The fraction of sp³-hybridized carbons (Fsp3) is 0.421.